The number of rotatable bonds is 5. The van der Waals surface area contributed by atoms with Crippen molar-refractivity contribution in [3.63, 3.8) is 0 Å². The van der Waals surface area contributed by atoms with E-state index in [-0.39, 0.29) is 6.61 Å². The Bertz CT molecular complexity index is 550. The fourth-order valence-electron chi connectivity index (χ4n) is 1.78. The van der Waals surface area contributed by atoms with Crippen LogP contribution in [0.2, 0.25) is 0 Å². The van der Waals surface area contributed by atoms with Crippen molar-refractivity contribution in [3.05, 3.63) is 26.6 Å². The highest BCUT2D eigenvalue weighted by molar-refractivity contribution is 9.11. The topological polar surface area (TPSA) is 50.9 Å². The molecule has 4 nitrogen and oxygen atoms in total. The molecule has 0 aliphatic heterocycles. The lowest BCUT2D eigenvalue weighted by Crippen LogP contribution is -2.02. The number of aliphatic hydroxyl groups is 1. The van der Waals surface area contributed by atoms with Crippen LogP contribution in [0.1, 0.15) is 29.6 Å². The van der Waals surface area contributed by atoms with Crippen LogP contribution in [0.25, 0.3) is 0 Å². The van der Waals surface area contributed by atoms with E-state index < -0.39 is 0 Å². The first kappa shape index (κ1) is 12.7. The number of nitrogens with zero attached hydrogens (tertiary/aromatic N) is 3. The minimum Gasteiger partial charge on any atom is -0.388 e. The van der Waals surface area contributed by atoms with Gasteiger partial charge < -0.3 is 9.67 Å². The molecular formula is C11H12BrN3OS2. The second kappa shape index (κ2) is 5.32. The number of thioether (sulfide) groups is 1. The van der Waals surface area contributed by atoms with E-state index in [4.69, 9.17) is 0 Å². The molecule has 2 aromatic rings. The molecular weight excluding hydrogens is 334 g/mol. The van der Waals surface area contributed by atoms with Crippen molar-refractivity contribution in [1.29, 1.82) is 0 Å². The van der Waals surface area contributed by atoms with Gasteiger partial charge in [-0.3, -0.25) is 0 Å². The van der Waals surface area contributed by atoms with E-state index in [1.165, 1.54) is 17.7 Å². The van der Waals surface area contributed by atoms with E-state index >= 15 is 0 Å². The summed E-state index contributed by atoms with van der Waals surface area (Å²) in [7, 11) is 0. The van der Waals surface area contributed by atoms with Gasteiger partial charge in [-0.05, 0) is 40.9 Å². The van der Waals surface area contributed by atoms with Crippen molar-refractivity contribution in [2.75, 3.05) is 0 Å². The summed E-state index contributed by atoms with van der Waals surface area (Å²) in [5.74, 6) is 1.58. The molecule has 0 bridgehead atoms. The molecule has 0 aromatic carbocycles. The number of hydrogen-bond donors (Lipinski definition) is 1. The van der Waals surface area contributed by atoms with Gasteiger partial charge in [-0.1, -0.05) is 11.8 Å². The largest absolute Gasteiger partial charge is 0.388 e. The predicted octanol–water partition coefficient (Wildman–Crippen LogP) is 3.22. The zero-order valence-electron chi connectivity index (χ0n) is 9.54. The maximum absolute atomic E-state index is 9.26. The molecule has 96 valence electrons. The molecule has 0 unspecified atom stereocenters. The van der Waals surface area contributed by atoms with Gasteiger partial charge in [0.05, 0.1) is 3.79 Å². The number of aliphatic hydroxyl groups excluding tert-OH is 1. The maximum atomic E-state index is 9.26. The Balaban J connectivity index is 1.74. The molecule has 1 fully saturated rings. The summed E-state index contributed by atoms with van der Waals surface area (Å²) in [6.45, 7) is -0.0331. The number of hydrogen-bond acceptors (Lipinski definition) is 5. The van der Waals surface area contributed by atoms with Crippen molar-refractivity contribution in [1.82, 2.24) is 14.8 Å². The van der Waals surface area contributed by atoms with Crippen molar-refractivity contribution in [3.8, 4) is 0 Å². The molecule has 0 spiro atoms. The van der Waals surface area contributed by atoms with E-state index in [0.29, 0.717) is 11.9 Å². The number of thiophene rings is 1. The molecule has 0 atom stereocenters. The molecule has 0 amide bonds. The zero-order chi connectivity index (χ0) is 12.5. The molecule has 0 saturated heterocycles. The predicted molar refractivity (Wildman–Crippen MR) is 75.8 cm³/mol. The lowest BCUT2D eigenvalue weighted by atomic mass is 10.5. The number of halogens is 1. The Morgan fingerprint density at radius 2 is 2.28 bits per heavy atom. The van der Waals surface area contributed by atoms with Crippen LogP contribution in [0.5, 0.6) is 0 Å². The molecule has 1 saturated carbocycles. The molecule has 1 aliphatic rings. The van der Waals surface area contributed by atoms with Crippen LogP contribution >= 0.6 is 39.0 Å². The summed E-state index contributed by atoms with van der Waals surface area (Å²) < 4.78 is 3.24. The summed E-state index contributed by atoms with van der Waals surface area (Å²) in [4.78, 5) is 1.31. The molecule has 0 radical (unpaired) electrons. The molecule has 3 rings (SSSR count). The summed E-state index contributed by atoms with van der Waals surface area (Å²) >= 11 is 6.89. The Morgan fingerprint density at radius 1 is 1.44 bits per heavy atom. The van der Waals surface area contributed by atoms with Gasteiger partial charge in [0.2, 0.25) is 0 Å². The van der Waals surface area contributed by atoms with Crippen LogP contribution in [0.4, 0.5) is 0 Å². The van der Waals surface area contributed by atoms with Gasteiger partial charge in [-0.15, -0.1) is 21.5 Å². The average Bonchev–Trinajstić information content (AvgIpc) is 2.99. The van der Waals surface area contributed by atoms with Gasteiger partial charge in [0, 0.05) is 16.7 Å². The summed E-state index contributed by atoms with van der Waals surface area (Å²) in [5, 5.41) is 18.4. The van der Waals surface area contributed by atoms with Crippen molar-refractivity contribution in [2.45, 2.75) is 36.4 Å². The molecule has 2 heterocycles. The zero-order valence-corrected chi connectivity index (χ0v) is 12.8. The Labute approximate surface area is 122 Å². The highest BCUT2D eigenvalue weighted by Crippen LogP contribution is 2.39. The van der Waals surface area contributed by atoms with Crippen molar-refractivity contribution in [2.24, 2.45) is 0 Å². The first-order valence-electron chi connectivity index (χ1n) is 5.69. The Kier molecular flexibility index (Phi) is 3.74. The van der Waals surface area contributed by atoms with Crippen LogP contribution in [-0.2, 0) is 12.4 Å². The average molecular weight is 346 g/mol. The monoisotopic (exact) mass is 345 g/mol. The van der Waals surface area contributed by atoms with E-state index in [1.807, 2.05) is 0 Å². The van der Waals surface area contributed by atoms with Gasteiger partial charge in [-0.2, -0.15) is 0 Å². The van der Waals surface area contributed by atoms with Crippen LogP contribution < -0.4 is 0 Å². The van der Waals surface area contributed by atoms with Gasteiger partial charge in [-0.25, -0.2) is 0 Å². The normalized spacial score (nSPS) is 15.2. The fourth-order valence-corrected chi connectivity index (χ4v) is 4.33. The second-order valence-corrected chi connectivity index (χ2v) is 7.64. The third kappa shape index (κ3) is 2.64. The van der Waals surface area contributed by atoms with Gasteiger partial charge >= 0.3 is 0 Å². The van der Waals surface area contributed by atoms with Crippen molar-refractivity contribution >= 4 is 39.0 Å². The third-order valence-corrected chi connectivity index (χ3v) is 5.56. The highest BCUT2D eigenvalue weighted by Gasteiger charge is 2.29. The first-order valence-corrected chi connectivity index (χ1v) is 8.29. The van der Waals surface area contributed by atoms with Gasteiger partial charge in [0.1, 0.15) is 6.61 Å². The van der Waals surface area contributed by atoms with Crippen LogP contribution in [0, 0.1) is 0 Å². The lowest BCUT2D eigenvalue weighted by Gasteiger charge is -2.06. The van der Waals surface area contributed by atoms with Gasteiger partial charge in [0.25, 0.3) is 0 Å². The highest BCUT2D eigenvalue weighted by atomic mass is 79.9. The van der Waals surface area contributed by atoms with E-state index in [1.54, 1.807) is 23.1 Å². The van der Waals surface area contributed by atoms with Gasteiger partial charge in [0.15, 0.2) is 11.0 Å². The molecule has 1 N–H and O–H groups in total. The molecule has 2 aromatic heterocycles. The number of aromatic nitrogens is 3. The Morgan fingerprint density at radius 3 is 2.89 bits per heavy atom. The standard InChI is InChI=1S/C11H12BrN3OS2/c12-9-4-3-8(18-9)6-17-11-14-13-10(5-16)15(11)7-1-2-7/h3-4,7,16H,1-2,5-6H2. The van der Waals surface area contributed by atoms with Crippen LogP contribution in [-0.4, -0.2) is 19.9 Å². The minimum absolute atomic E-state index is 0.0331. The maximum Gasteiger partial charge on any atom is 0.191 e. The smallest absolute Gasteiger partial charge is 0.191 e. The fraction of sp³-hybridized carbons (Fsp3) is 0.455. The SMILES string of the molecule is OCc1nnc(SCc2ccc(Br)s2)n1C1CC1. The minimum atomic E-state index is -0.0331. The quantitative estimate of drug-likeness (QED) is 0.845. The first-order chi connectivity index (χ1) is 8.78. The summed E-state index contributed by atoms with van der Waals surface area (Å²) in [6, 6.07) is 4.68. The van der Waals surface area contributed by atoms with E-state index in [2.05, 4.69) is 42.8 Å². The molecule has 1 aliphatic carbocycles. The molecule has 7 heteroatoms. The Hall–Kier alpha value is -0.370. The molecule has 18 heavy (non-hydrogen) atoms. The third-order valence-electron chi connectivity index (χ3n) is 2.76. The summed E-state index contributed by atoms with van der Waals surface area (Å²) in [5.41, 5.74) is 0. The van der Waals surface area contributed by atoms with E-state index in [9.17, 15) is 5.11 Å². The van der Waals surface area contributed by atoms with Crippen LogP contribution in [0.3, 0.4) is 0 Å². The van der Waals surface area contributed by atoms with Crippen molar-refractivity contribution < 1.29 is 5.11 Å². The van der Waals surface area contributed by atoms with Crippen LogP contribution in [0.15, 0.2) is 21.1 Å². The lowest BCUT2D eigenvalue weighted by molar-refractivity contribution is 0.263. The second-order valence-electron chi connectivity index (χ2n) is 4.15. The summed E-state index contributed by atoms with van der Waals surface area (Å²) in [6.07, 6.45) is 2.34. The van der Waals surface area contributed by atoms with E-state index in [0.717, 1.165) is 14.7 Å².